The first-order chi connectivity index (χ1) is 9.08. The van der Waals surface area contributed by atoms with Crippen LogP contribution in [0, 0.1) is 5.82 Å². The molecule has 1 N–H and O–H groups in total. The van der Waals surface area contributed by atoms with E-state index in [1.54, 1.807) is 24.2 Å². The van der Waals surface area contributed by atoms with E-state index < -0.39 is 11.8 Å². The number of nitrogens with zero attached hydrogens (tertiary/aromatic N) is 2. The van der Waals surface area contributed by atoms with Gasteiger partial charge in [0.1, 0.15) is 5.82 Å². The van der Waals surface area contributed by atoms with E-state index in [0.29, 0.717) is 12.2 Å². The van der Waals surface area contributed by atoms with Crippen molar-refractivity contribution in [1.29, 1.82) is 0 Å². The van der Waals surface area contributed by atoms with E-state index in [2.05, 4.69) is 4.98 Å². The van der Waals surface area contributed by atoms with Gasteiger partial charge in [0.25, 0.3) is 0 Å². The lowest BCUT2D eigenvalue weighted by Gasteiger charge is -2.19. The first-order valence-corrected chi connectivity index (χ1v) is 5.72. The van der Waals surface area contributed by atoms with Gasteiger partial charge in [0.2, 0.25) is 0 Å². The van der Waals surface area contributed by atoms with E-state index in [1.165, 1.54) is 12.1 Å². The lowest BCUT2D eigenvalue weighted by molar-refractivity contribution is 0.0692. The van der Waals surface area contributed by atoms with Crippen molar-refractivity contribution in [2.75, 3.05) is 11.9 Å². The monoisotopic (exact) mass is 260 g/mol. The van der Waals surface area contributed by atoms with Crippen LogP contribution in [0.4, 0.5) is 10.1 Å². The molecule has 0 spiro atoms. The Morgan fingerprint density at radius 2 is 2.16 bits per heavy atom. The summed E-state index contributed by atoms with van der Waals surface area (Å²) in [5.41, 5.74) is 1.14. The number of hydrogen-bond acceptors (Lipinski definition) is 3. The average Bonchev–Trinajstić information content (AvgIpc) is 2.39. The van der Waals surface area contributed by atoms with Crippen LogP contribution in [0.5, 0.6) is 0 Å². The second kappa shape index (κ2) is 5.48. The topological polar surface area (TPSA) is 53.4 Å². The van der Waals surface area contributed by atoms with Gasteiger partial charge in [0.15, 0.2) is 0 Å². The van der Waals surface area contributed by atoms with Crippen LogP contribution in [0.3, 0.4) is 0 Å². The third-order valence-electron chi connectivity index (χ3n) is 2.75. The highest BCUT2D eigenvalue weighted by Crippen LogP contribution is 2.19. The van der Waals surface area contributed by atoms with E-state index >= 15 is 0 Å². The molecule has 1 aromatic carbocycles. The minimum absolute atomic E-state index is 0.324. The van der Waals surface area contributed by atoms with E-state index in [9.17, 15) is 9.18 Å². The quantitative estimate of drug-likeness (QED) is 0.917. The van der Waals surface area contributed by atoms with Gasteiger partial charge in [-0.2, -0.15) is 0 Å². The highest BCUT2D eigenvalue weighted by molar-refractivity contribution is 5.88. The van der Waals surface area contributed by atoms with Crippen molar-refractivity contribution in [1.82, 2.24) is 4.98 Å². The van der Waals surface area contributed by atoms with Crippen molar-refractivity contribution in [3.8, 4) is 0 Å². The summed E-state index contributed by atoms with van der Waals surface area (Å²) in [5.74, 6) is -2.01. The fraction of sp³-hybridized carbons (Fsp3) is 0.143. The largest absolute Gasteiger partial charge is 0.478 e. The summed E-state index contributed by atoms with van der Waals surface area (Å²) in [6.45, 7) is 0.521. The van der Waals surface area contributed by atoms with E-state index in [1.807, 2.05) is 18.2 Å². The summed E-state index contributed by atoms with van der Waals surface area (Å²) in [5, 5.41) is 8.77. The molecule has 1 aromatic heterocycles. The van der Waals surface area contributed by atoms with E-state index in [0.717, 1.165) is 5.69 Å². The molecular weight excluding hydrogens is 247 g/mol. The van der Waals surface area contributed by atoms with Crippen molar-refractivity contribution < 1.29 is 14.3 Å². The summed E-state index contributed by atoms with van der Waals surface area (Å²) in [6, 6.07) is 9.64. The number of anilines is 1. The molecule has 98 valence electrons. The van der Waals surface area contributed by atoms with E-state index in [-0.39, 0.29) is 5.56 Å². The Bertz CT molecular complexity index is 587. The molecule has 0 aliphatic rings. The van der Waals surface area contributed by atoms with E-state index in [4.69, 9.17) is 5.11 Å². The normalized spacial score (nSPS) is 10.2. The number of carboxylic acids is 1. The Balaban J connectivity index is 2.18. The summed E-state index contributed by atoms with van der Waals surface area (Å²) >= 11 is 0. The third kappa shape index (κ3) is 3.07. The van der Waals surface area contributed by atoms with Crippen molar-refractivity contribution in [2.24, 2.45) is 0 Å². The Hall–Kier alpha value is -2.43. The van der Waals surface area contributed by atoms with Gasteiger partial charge in [-0.3, -0.25) is 4.98 Å². The summed E-state index contributed by atoms with van der Waals surface area (Å²) in [7, 11) is 1.80. The molecule has 0 amide bonds. The van der Waals surface area contributed by atoms with Crippen LogP contribution in [0.2, 0.25) is 0 Å². The molecule has 0 fully saturated rings. The highest BCUT2D eigenvalue weighted by atomic mass is 19.1. The molecule has 0 saturated heterocycles. The first kappa shape index (κ1) is 13.0. The summed E-state index contributed by atoms with van der Waals surface area (Å²) in [4.78, 5) is 16.7. The molecule has 0 aliphatic carbocycles. The molecule has 1 heterocycles. The number of hydrogen-bond donors (Lipinski definition) is 1. The Morgan fingerprint density at radius 3 is 2.74 bits per heavy atom. The van der Waals surface area contributed by atoms with Gasteiger partial charge in [-0.05, 0) is 30.3 Å². The zero-order valence-corrected chi connectivity index (χ0v) is 10.4. The predicted molar refractivity (Wildman–Crippen MR) is 69.7 cm³/mol. The molecule has 0 radical (unpaired) electrons. The fourth-order valence-corrected chi connectivity index (χ4v) is 1.74. The smallest absolute Gasteiger partial charge is 0.338 e. The molecular formula is C14H13FN2O2. The molecule has 0 atom stereocenters. The minimum Gasteiger partial charge on any atom is -0.478 e. The van der Waals surface area contributed by atoms with Crippen LogP contribution < -0.4 is 4.90 Å². The van der Waals surface area contributed by atoms with Crippen LogP contribution in [-0.4, -0.2) is 23.1 Å². The van der Waals surface area contributed by atoms with Crippen LogP contribution >= 0.6 is 0 Å². The number of carboxylic acid groups (broad SMARTS) is 1. The summed E-state index contributed by atoms with van der Waals surface area (Å²) in [6.07, 6.45) is 1.69. The Morgan fingerprint density at radius 1 is 1.37 bits per heavy atom. The van der Waals surface area contributed by atoms with Gasteiger partial charge in [-0.1, -0.05) is 6.07 Å². The number of aromatic nitrogens is 1. The maximum Gasteiger partial charge on any atom is 0.338 e. The number of carbonyl (C=O) groups is 1. The maximum atomic E-state index is 13.6. The molecule has 0 bridgehead atoms. The Kier molecular flexibility index (Phi) is 3.75. The van der Waals surface area contributed by atoms with Gasteiger partial charge in [0.05, 0.1) is 17.8 Å². The van der Waals surface area contributed by atoms with Crippen LogP contribution in [-0.2, 0) is 6.54 Å². The van der Waals surface area contributed by atoms with Gasteiger partial charge in [-0.25, -0.2) is 9.18 Å². The lowest BCUT2D eigenvalue weighted by Crippen LogP contribution is -2.17. The predicted octanol–water partition coefficient (Wildman–Crippen LogP) is 2.56. The van der Waals surface area contributed by atoms with Gasteiger partial charge in [0, 0.05) is 18.9 Å². The Labute approximate surface area is 110 Å². The SMILES string of the molecule is CN(Cc1ccccn1)c1ccc(C(=O)O)c(F)c1. The van der Waals surface area contributed by atoms with Crippen LogP contribution in [0.15, 0.2) is 42.6 Å². The minimum atomic E-state index is -1.27. The van der Waals surface area contributed by atoms with Gasteiger partial charge in [-0.15, -0.1) is 0 Å². The fourth-order valence-electron chi connectivity index (χ4n) is 1.74. The molecule has 0 unspecified atom stereocenters. The molecule has 2 aromatic rings. The second-order valence-electron chi connectivity index (χ2n) is 4.15. The van der Waals surface area contributed by atoms with Crippen molar-refractivity contribution in [3.05, 3.63) is 59.7 Å². The number of rotatable bonds is 4. The molecule has 5 heteroatoms. The van der Waals surface area contributed by atoms with Gasteiger partial charge >= 0.3 is 5.97 Å². The zero-order valence-electron chi connectivity index (χ0n) is 10.4. The van der Waals surface area contributed by atoms with Crippen molar-refractivity contribution >= 4 is 11.7 Å². The summed E-state index contributed by atoms with van der Waals surface area (Å²) < 4.78 is 13.6. The number of halogens is 1. The third-order valence-corrected chi connectivity index (χ3v) is 2.75. The van der Waals surface area contributed by atoms with Crippen LogP contribution in [0.1, 0.15) is 16.1 Å². The zero-order chi connectivity index (χ0) is 13.8. The standard InChI is InChI=1S/C14H13FN2O2/c1-17(9-10-4-2-3-7-16-10)11-5-6-12(14(18)19)13(15)8-11/h2-8H,9H2,1H3,(H,18,19). The number of aromatic carboxylic acids is 1. The highest BCUT2D eigenvalue weighted by Gasteiger charge is 2.12. The maximum absolute atomic E-state index is 13.6. The average molecular weight is 260 g/mol. The van der Waals surface area contributed by atoms with Crippen molar-refractivity contribution in [2.45, 2.75) is 6.54 Å². The molecule has 19 heavy (non-hydrogen) atoms. The molecule has 0 saturated carbocycles. The molecule has 2 rings (SSSR count). The molecule has 0 aliphatic heterocycles. The van der Waals surface area contributed by atoms with Crippen LogP contribution in [0.25, 0.3) is 0 Å². The molecule has 4 nitrogen and oxygen atoms in total. The number of benzene rings is 1. The number of pyridine rings is 1. The lowest BCUT2D eigenvalue weighted by atomic mass is 10.2. The first-order valence-electron chi connectivity index (χ1n) is 5.72. The second-order valence-corrected chi connectivity index (χ2v) is 4.15. The van der Waals surface area contributed by atoms with Crippen molar-refractivity contribution in [3.63, 3.8) is 0 Å². The van der Waals surface area contributed by atoms with Gasteiger partial charge < -0.3 is 10.0 Å².